The number of imidazole rings is 1. The summed E-state index contributed by atoms with van der Waals surface area (Å²) in [5.41, 5.74) is 5.19. The van der Waals surface area contributed by atoms with E-state index in [0.717, 1.165) is 62.0 Å². The van der Waals surface area contributed by atoms with E-state index in [0.29, 0.717) is 52.6 Å². The van der Waals surface area contributed by atoms with Crippen molar-refractivity contribution < 1.29 is 58.1 Å². The van der Waals surface area contributed by atoms with Gasteiger partial charge in [-0.2, -0.15) is 0 Å². The summed E-state index contributed by atoms with van der Waals surface area (Å²) in [6.07, 6.45) is 3.31. The minimum absolute atomic E-state index is 0.103. The van der Waals surface area contributed by atoms with Gasteiger partial charge in [-0.3, -0.25) is 28.0 Å². The van der Waals surface area contributed by atoms with Crippen molar-refractivity contribution in [1.82, 2.24) is 29.1 Å². The van der Waals surface area contributed by atoms with Crippen molar-refractivity contribution in [2.24, 2.45) is 46.3 Å². The molecule has 68 heavy (non-hydrogen) atoms. The topological polar surface area (TPSA) is 298 Å². The third kappa shape index (κ3) is 9.28. The second-order valence-electron chi connectivity index (χ2n) is 20.6. The molecular formula is C45H68N7O14PS. The van der Waals surface area contributed by atoms with Crippen molar-refractivity contribution >= 4 is 35.2 Å². The first-order valence-electron chi connectivity index (χ1n) is 24.1. The smallest absolute Gasteiger partial charge is 0.391 e. The number of aliphatic hydroxyl groups is 5. The molecule has 19 atom stereocenters. The first-order valence-corrected chi connectivity index (χ1v) is 27.2. The van der Waals surface area contributed by atoms with Crippen molar-refractivity contribution in [2.75, 3.05) is 32.0 Å². The number of rotatable bonds is 17. The van der Waals surface area contributed by atoms with Crippen LogP contribution >= 0.6 is 18.2 Å². The molecule has 6 aliphatic rings. The Balaban J connectivity index is 0.852. The summed E-state index contributed by atoms with van der Waals surface area (Å²) in [6.45, 7) is 1.43. The molecule has 3 aromatic rings. The molecule has 378 valence electrons. The van der Waals surface area contributed by atoms with Crippen LogP contribution in [0, 0.1) is 46.3 Å². The number of hydrogen-bond acceptors (Lipinski definition) is 19. The van der Waals surface area contributed by atoms with Crippen LogP contribution in [0.3, 0.4) is 0 Å². The fourth-order valence-electron chi connectivity index (χ4n) is 13.6. The summed E-state index contributed by atoms with van der Waals surface area (Å²) in [6, 6.07) is 1.12. The number of nitrogens with two attached hydrogens (primary N) is 1. The van der Waals surface area contributed by atoms with Gasteiger partial charge in [0.15, 0.2) is 24.0 Å². The van der Waals surface area contributed by atoms with Crippen molar-refractivity contribution in [1.29, 1.82) is 0 Å². The molecule has 9 rings (SSSR count). The number of H-pyrrole nitrogens is 1. The number of nitrogens with zero attached hydrogens (tertiary/aromatic N) is 5. The third-order valence-corrected chi connectivity index (χ3v) is 20.6. The Labute approximate surface area is 398 Å². The van der Waals surface area contributed by atoms with E-state index >= 15 is 0 Å². The Kier molecular flexibility index (Phi) is 14.7. The summed E-state index contributed by atoms with van der Waals surface area (Å²) in [4.78, 5) is 39.3. The van der Waals surface area contributed by atoms with Crippen LogP contribution in [0.5, 0.6) is 0 Å². The molecule has 0 bridgehead atoms. The molecule has 5 heterocycles. The lowest BCUT2D eigenvalue weighted by molar-refractivity contribution is -0.175. The zero-order chi connectivity index (χ0) is 48.3. The molecule has 13 unspecified atom stereocenters. The fraction of sp³-hybridized carbons (Fsp3) is 0.800. The Morgan fingerprint density at radius 1 is 1.00 bits per heavy atom. The van der Waals surface area contributed by atoms with E-state index in [1.54, 1.807) is 4.57 Å². The number of anilines is 1. The SMILES string of the molecule is CO[C@H]1C(OP(=O)(OC[C@H]2O[C@@H](n3cnc4c(N)ncnc43)C[C@H]2O)SCOC(O)CCC(C)C2CCC3C4CCC5CC(O)CCC5(C)C4CC(O)C23C)[C@@H](CO)O[C@H]1n1ccc(=O)[nH]c1=O. The summed E-state index contributed by atoms with van der Waals surface area (Å²) in [7, 11) is 1.32. The van der Waals surface area contributed by atoms with Crippen LogP contribution in [0.25, 0.3) is 11.2 Å². The van der Waals surface area contributed by atoms with Crippen molar-refractivity contribution in [3.05, 3.63) is 45.8 Å². The number of nitrogen functional groups attached to an aromatic ring is 1. The molecule has 23 heteroatoms. The molecule has 21 nitrogen and oxygen atoms in total. The van der Waals surface area contributed by atoms with Crippen LogP contribution in [0.4, 0.5) is 5.82 Å². The second-order valence-corrected chi connectivity index (χ2v) is 24.6. The lowest BCUT2D eigenvalue weighted by Crippen LogP contribution is -2.58. The maximum absolute atomic E-state index is 14.9. The van der Waals surface area contributed by atoms with E-state index < -0.39 is 86.6 Å². The number of aliphatic hydroxyl groups excluding tert-OH is 5. The molecule has 0 aromatic carbocycles. The number of fused-ring (bicyclic) bond motifs is 6. The molecule has 3 aromatic heterocycles. The van der Waals surface area contributed by atoms with E-state index in [1.807, 2.05) is 0 Å². The van der Waals surface area contributed by atoms with Crippen LogP contribution in [-0.2, 0) is 32.6 Å². The van der Waals surface area contributed by atoms with Crippen LogP contribution in [0.15, 0.2) is 34.5 Å². The van der Waals surface area contributed by atoms with Gasteiger partial charge >= 0.3 is 12.5 Å². The molecule has 0 radical (unpaired) electrons. The zero-order valence-corrected chi connectivity index (χ0v) is 40.7. The average Bonchev–Trinajstić information content (AvgIpc) is 4.09. The number of hydrogen-bond donors (Lipinski definition) is 7. The highest BCUT2D eigenvalue weighted by atomic mass is 32.7. The standard InChI is InChI=1S/C45H68N7O14PS/c1-23(27-8-9-28-26-7-6-24-15-25(54)11-13-44(24,2)29(26)16-33(56)45(27,28)3)5-10-36(58)62-22-68-67(60,66-38-31(18-53)65-42(39(38)61-4)51-14-12-34(57)50-43(51)59)63-19-32-30(55)17-35(64-32)52-21-49-37-40(46)47-20-48-41(37)52/h12,14,20-21,23-33,35-36,38-39,42,53-56,58H,5-11,13,15-19,22H2,1-4H3,(H2,46,47,48)(H,50,57,59)/t23?,24?,25?,26?,27?,28?,29?,30-,31-,32-,33?,35-,36?,38?,39+,42-,44?,45?,67?/m1/s1. The van der Waals surface area contributed by atoms with Crippen molar-refractivity contribution in [3.63, 3.8) is 0 Å². The number of aromatic nitrogens is 6. The molecular weight excluding hydrogens is 926 g/mol. The second kappa shape index (κ2) is 20.0. The molecule has 2 saturated heterocycles. The van der Waals surface area contributed by atoms with Crippen LogP contribution in [-0.4, -0.2) is 130 Å². The van der Waals surface area contributed by atoms with Crippen LogP contribution in [0.2, 0.25) is 0 Å². The highest BCUT2D eigenvalue weighted by Crippen LogP contribution is 2.69. The number of nitrogens with one attached hydrogen (secondary N) is 1. The number of ether oxygens (including phenoxy) is 4. The van der Waals surface area contributed by atoms with Crippen molar-refractivity contribution in [3.8, 4) is 0 Å². The summed E-state index contributed by atoms with van der Waals surface area (Å²) in [5, 5.41) is 55.3. The molecule has 0 amide bonds. The quantitative estimate of drug-likeness (QED) is 0.0753. The van der Waals surface area contributed by atoms with Gasteiger partial charge in [0, 0.05) is 25.8 Å². The van der Waals surface area contributed by atoms with Crippen molar-refractivity contribution in [2.45, 2.75) is 153 Å². The highest BCUT2D eigenvalue weighted by molar-refractivity contribution is 8.55. The monoisotopic (exact) mass is 993 g/mol. The predicted molar refractivity (Wildman–Crippen MR) is 246 cm³/mol. The zero-order valence-electron chi connectivity index (χ0n) is 39.0. The van der Waals surface area contributed by atoms with Gasteiger partial charge in [0.1, 0.15) is 48.4 Å². The van der Waals surface area contributed by atoms with E-state index in [4.69, 9.17) is 33.7 Å². The van der Waals surface area contributed by atoms with E-state index in [1.165, 1.54) is 26.0 Å². The maximum Gasteiger partial charge on any atom is 0.391 e. The van der Waals surface area contributed by atoms with Gasteiger partial charge in [-0.15, -0.1) is 0 Å². The molecule has 6 fully saturated rings. The predicted octanol–water partition coefficient (Wildman–Crippen LogP) is 3.45. The Hall–Kier alpha value is -2.83. The summed E-state index contributed by atoms with van der Waals surface area (Å²) in [5.74, 6) is 2.19. The lowest BCUT2D eigenvalue weighted by atomic mass is 9.43. The largest absolute Gasteiger partial charge is 0.394 e. The third-order valence-electron chi connectivity index (χ3n) is 17.3. The van der Waals surface area contributed by atoms with Crippen LogP contribution in [0.1, 0.15) is 104 Å². The summed E-state index contributed by atoms with van der Waals surface area (Å²) < 4.78 is 53.5. The fourth-order valence-corrected chi connectivity index (χ4v) is 16.5. The molecule has 8 N–H and O–H groups in total. The van der Waals surface area contributed by atoms with E-state index in [-0.39, 0.29) is 53.4 Å². The average molecular weight is 994 g/mol. The van der Waals surface area contributed by atoms with Gasteiger partial charge in [0.2, 0.25) is 0 Å². The first-order chi connectivity index (χ1) is 32.5. The highest BCUT2D eigenvalue weighted by Gasteiger charge is 2.64. The Morgan fingerprint density at radius 2 is 1.81 bits per heavy atom. The summed E-state index contributed by atoms with van der Waals surface area (Å²) >= 11 is 0.635. The number of methoxy groups -OCH3 is 1. The molecule has 4 aliphatic carbocycles. The Morgan fingerprint density at radius 3 is 2.57 bits per heavy atom. The minimum atomic E-state index is -4.41. The van der Waals surface area contributed by atoms with Gasteiger partial charge in [-0.1, -0.05) is 20.8 Å². The van der Waals surface area contributed by atoms with Gasteiger partial charge < -0.3 is 50.2 Å². The maximum atomic E-state index is 14.9. The van der Waals surface area contributed by atoms with Gasteiger partial charge in [0.25, 0.3) is 5.56 Å². The normalized spacial score (nSPS) is 39.8. The van der Waals surface area contributed by atoms with Gasteiger partial charge in [-0.05, 0) is 122 Å². The van der Waals surface area contributed by atoms with E-state index in [9.17, 15) is 39.7 Å². The van der Waals surface area contributed by atoms with Gasteiger partial charge in [0.05, 0.1) is 37.9 Å². The lowest BCUT2D eigenvalue weighted by Gasteiger charge is -2.62. The Bertz CT molecular complexity index is 2410. The number of aromatic amines is 1. The van der Waals surface area contributed by atoms with Gasteiger partial charge in [-0.25, -0.2) is 24.3 Å². The molecule has 4 saturated carbocycles. The molecule has 0 spiro atoms. The molecule has 2 aliphatic heterocycles. The van der Waals surface area contributed by atoms with E-state index in [2.05, 4.69) is 40.7 Å². The minimum Gasteiger partial charge on any atom is -0.394 e. The first kappa shape index (κ1) is 50.1. The van der Waals surface area contributed by atoms with Crippen LogP contribution < -0.4 is 17.0 Å².